The SMILES string of the molecule is O=c1cc(C=Cc2cccnc2)nc2scc(-c3ccccn3)n12. The molecule has 116 valence electrons. The van der Waals surface area contributed by atoms with E-state index in [4.69, 9.17) is 0 Å². The molecule has 5 nitrogen and oxygen atoms in total. The Hall–Kier alpha value is -3.12. The summed E-state index contributed by atoms with van der Waals surface area (Å²) in [5.41, 5.74) is 2.98. The van der Waals surface area contributed by atoms with Gasteiger partial charge in [0, 0.05) is 30.0 Å². The minimum atomic E-state index is -0.118. The number of rotatable bonds is 3. The summed E-state index contributed by atoms with van der Waals surface area (Å²) < 4.78 is 1.59. The molecule has 0 amide bonds. The molecule has 4 aromatic heterocycles. The first-order chi connectivity index (χ1) is 11.8. The molecule has 0 bridgehead atoms. The fourth-order valence-electron chi connectivity index (χ4n) is 2.37. The molecule has 4 aromatic rings. The van der Waals surface area contributed by atoms with Gasteiger partial charge in [0.05, 0.1) is 17.1 Å². The van der Waals surface area contributed by atoms with Crippen LogP contribution in [-0.2, 0) is 0 Å². The molecule has 24 heavy (non-hydrogen) atoms. The Bertz CT molecular complexity index is 1070. The number of thiazole rings is 1. The Morgan fingerprint density at radius 3 is 2.83 bits per heavy atom. The smallest absolute Gasteiger partial charge is 0.259 e. The molecule has 4 heterocycles. The number of nitrogens with zero attached hydrogens (tertiary/aromatic N) is 4. The summed E-state index contributed by atoms with van der Waals surface area (Å²) in [6.07, 6.45) is 8.89. The molecule has 0 aromatic carbocycles. The third kappa shape index (κ3) is 2.75. The lowest BCUT2D eigenvalue weighted by Crippen LogP contribution is -2.14. The Labute approximate surface area is 141 Å². The molecule has 0 aliphatic carbocycles. The van der Waals surface area contributed by atoms with Gasteiger partial charge in [0.1, 0.15) is 0 Å². The molecular weight excluding hydrogens is 320 g/mol. The Morgan fingerprint density at radius 2 is 2.04 bits per heavy atom. The van der Waals surface area contributed by atoms with Crippen molar-refractivity contribution in [2.24, 2.45) is 0 Å². The van der Waals surface area contributed by atoms with E-state index in [2.05, 4.69) is 15.0 Å². The molecule has 4 rings (SSSR count). The zero-order valence-electron chi connectivity index (χ0n) is 12.5. The second-order valence-electron chi connectivity index (χ2n) is 5.09. The lowest BCUT2D eigenvalue weighted by atomic mass is 10.2. The molecule has 0 aliphatic heterocycles. The fraction of sp³-hybridized carbons (Fsp3) is 0. The van der Waals surface area contributed by atoms with Gasteiger partial charge in [0.25, 0.3) is 5.56 Å². The lowest BCUT2D eigenvalue weighted by Gasteiger charge is -2.01. The first kappa shape index (κ1) is 14.5. The summed E-state index contributed by atoms with van der Waals surface area (Å²) >= 11 is 1.42. The third-order valence-electron chi connectivity index (χ3n) is 3.48. The first-order valence-corrected chi connectivity index (χ1v) is 8.20. The van der Waals surface area contributed by atoms with Gasteiger partial charge in [-0.05, 0) is 29.8 Å². The number of hydrogen-bond acceptors (Lipinski definition) is 5. The molecule has 0 radical (unpaired) electrons. The van der Waals surface area contributed by atoms with Crippen molar-refractivity contribution in [1.82, 2.24) is 19.4 Å². The van der Waals surface area contributed by atoms with Gasteiger partial charge in [-0.2, -0.15) is 0 Å². The van der Waals surface area contributed by atoms with Gasteiger partial charge in [-0.3, -0.25) is 14.8 Å². The van der Waals surface area contributed by atoms with Crippen LogP contribution in [0.5, 0.6) is 0 Å². The van der Waals surface area contributed by atoms with Crippen molar-refractivity contribution in [3.63, 3.8) is 0 Å². The van der Waals surface area contributed by atoms with Crippen LogP contribution in [0.15, 0.2) is 65.2 Å². The summed E-state index contributed by atoms with van der Waals surface area (Å²) in [6.45, 7) is 0. The van der Waals surface area contributed by atoms with E-state index in [1.807, 2.05) is 47.9 Å². The number of hydrogen-bond donors (Lipinski definition) is 0. The predicted octanol–water partition coefficient (Wildman–Crippen LogP) is 3.38. The topological polar surface area (TPSA) is 60.2 Å². The van der Waals surface area contributed by atoms with Gasteiger partial charge >= 0.3 is 0 Å². The Morgan fingerprint density at radius 1 is 1.08 bits per heavy atom. The summed E-state index contributed by atoms with van der Waals surface area (Å²) in [5.74, 6) is 0. The fourth-order valence-corrected chi connectivity index (χ4v) is 3.27. The average Bonchev–Trinajstić information content (AvgIpc) is 3.06. The van der Waals surface area contributed by atoms with Gasteiger partial charge in [0.15, 0.2) is 4.96 Å². The van der Waals surface area contributed by atoms with Gasteiger partial charge in [-0.25, -0.2) is 9.38 Å². The quantitative estimate of drug-likeness (QED) is 0.577. The molecule has 0 saturated heterocycles. The highest BCUT2D eigenvalue weighted by atomic mass is 32.1. The van der Waals surface area contributed by atoms with Crippen LogP contribution in [0.2, 0.25) is 0 Å². The van der Waals surface area contributed by atoms with Crippen LogP contribution in [0.1, 0.15) is 11.3 Å². The van der Waals surface area contributed by atoms with Crippen LogP contribution in [0.3, 0.4) is 0 Å². The van der Waals surface area contributed by atoms with Crippen molar-refractivity contribution >= 4 is 28.4 Å². The third-order valence-corrected chi connectivity index (χ3v) is 4.31. The molecule has 0 spiro atoms. The van der Waals surface area contributed by atoms with E-state index < -0.39 is 0 Å². The predicted molar refractivity (Wildman–Crippen MR) is 95.7 cm³/mol. The monoisotopic (exact) mass is 332 g/mol. The normalized spacial score (nSPS) is 11.3. The summed E-state index contributed by atoms with van der Waals surface area (Å²) in [6, 6.07) is 11.0. The van der Waals surface area contributed by atoms with Gasteiger partial charge in [-0.1, -0.05) is 18.2 Å². The Kier molecular flexibility index (Phi) is 3.72. The molecule has 0 fully saturated rings. The van der Waals surface area contributed by atoms with Crippen LogP contribution in [0, 0.1) is 0 Å². The molecular formula is C18H12N4OS. The highest BCUT2D eigenvalue weighted by molar-refractivity contribution is 7.15. The maximum absolute atomic E-state index is 12.5. The van der Waals surface area contributed by atoms with E-state index in [0.29, 0.717) is 10.7 Å². The molecule has 0 N–H and O–H groups in total. The van der Waals surface area contributed by atoms with Crippen LogP contribution < -0.4 is 5.56 Å². The standard InChI is InChI=1S/C18H12N4OS/c23-17-10-14(7-6-13-4-3-8-19-11-13)21-18-22(17)16(12-24-18)15-5-1-2-9-20-15/h1-12H. The van der Waals surface area contributed by atoms with Crippen molar-refractivity contribution < 1.29 is 0 Å². The number of pyridine rings is 2. The summed E-state index contributed by atoms with van der Waals surface area (Å²) in [5, 5.41) is 1.90. The van der Waals surface area contributed by atoms with Crippen molar-refractivity contribution in [1.29, 1.82) is 0 Å². The van der Waals surface area contributed by atoms with Crippen LogP contribution in [0.4, 0.5) is 0 Å². The van der Waals surface area contributed by atoms with Gasteiger partial charge in [0.2, 0.25) is 0 Å². The summed E-state index contributed by atoms with van der Waals surface area (Å²) in [7, 11) is 0. The van der Waals surface area contributed by atoms with E-state index in [1.165, 1.54) is 17.4 Å². The largest absolute Gasteiger partial charge is 0.269 e. The average molecular weight is 332 g/mol. The maximum atomic E-state index is 12.5. The van der Waals surface area contributed by atoms with Gasteiger partial charge < -0.3 is 0 Å². The summed E-state index contributed by atoms with van der Waals surface area (Å²) in [4.78, 5) is 26.1. The van der Waals surface area contributed by atoms with Crippen LogP contribution >= 0.6 is 11.3 Å². The van der Waals surface area contributed by atoms with Crippen molar-refractivity contribution in [2.75, 3.05) is 0 Å². The van der Waals surface area contributed by atoms with E-state index in [1.54, 1.807) is 23.0 Å². The van der Waals surface area contributed by atoms with E-state index in [-0.39, 0.29) is 5.56 Å². The maximum Gasteiger partial charge on any atom is 0.259 e. The molecule has 0 saturated carbocycles. The molecule has 0 unspecified atom stereocenters. The van der Waals surface area contributed by atoms with E-state index in [0.717, 1.165) is 17.0 Å². The van der Waals surface area contributed by atoms with Crippen LogP contribution in [0.25, 0.3) is 28.5 Å². The lowest BCUT2D eigenvalue weighted by molar-refractivity contribution is 1.07. The Balaban J connectivity index is 1.77. The van der Waals surface area contributed by atoms with Crippen molar-refractivity contribution in [3.8, 4) is 11.4 Å². The van der Waals surface area contributed by atoms with E-state index >= 15 is 0 Å². The first-order valence-electron chi connectivity index (χ1n) is 7.32. The minimum absolute atomic E-state index is 0.118. The van der Waals surface area contributed by atoms with Crippen molar-refractivity contribution in [3.05, 3.63) is 82.0 Å². The molecule has 0 atom stereocenters. The zero-order valence-corrected chi connectivity index (χ0v) is 13.4. The highest BCUT2D eigenvalue weighted by Crippen LogP contribution is 2.22. The molecule has 0 aliphatic rings. The van der Waals surface area contributed by atoms with Gasteiger partial charge in [-0.15, -0.1) is 11.3 Å². The molecule has 6 heteroatoms. The highest BCUT2D eigenvalue weighted by Gasteiger charge is 2.10. The second kappa shape index (κ2) is 6.17. The zero-order chi connectivity index (χ0) is 16.4. The number of fused-ring (bicyclic) bond motifs is 1. The van der Waals surface area contributed by atoms with Crippen LogP contribution in [-0.4, -0.2) is 19.4 Å². The van der Waals surface area contributed by atoms with Crippen molar-refractivity contribution in [2.45, 2.75) is 0 Å². The minimum Gasteiger partial charge on any atom is -0.269 e. The number of aromatic nitrogens is 4. The second-order valence-corrected chi connectivity index (χ2v) is 5.93. The van der Waals surface area contributed by atoms with E-state index in [9.17, 15) is 4.79 Å².